The van der Waals surface area contributed by atoms with Gasteiger partial charge in [0.05, 0.1) is 11.2 Å². The Bertz CT molecular complexity index is 278. The molecule has 5 heteroatoms. The minimum Gasteiger partial charge on any atom is -0.425 e. The monoisotopic (exact) mass is 195 g/mol. The molecule has 0 aliphatic carbocycles. The highest BCUT2D eigenvalue weighted by Gasteiger charge is 2.35. The first-order valence-electron chi connectivity index (χ1n) is 4.56. The van der Waals surface area contributed by atoms with Crippen LogP contribution in [-0.4, -0.2) is 34.0 Å². The Hall–Kier alpha value is -0.805. The zero-order valence-electron chi connectivity index (χ0n) is 9.03. The van der Waals surface area contributed by atoms with Gasteiger partial charge in [-0.25, -0.2) is 0 Å². The van der Waals surface area contributed by atoms with Crippen molar-refractivity contribution in [2.45, 2.75) is 38.9 Å². The predicted octanol–water partition coefficient (Wildman–Crippen LogP) is 0.220. The summed E-state index contributed by atoms with van der Waals surface area (Å²) < 4.78 is 5.49. The summed E-state index contributed by atoms with van der Waals surface area (Å²) in [7, 11) is 1.56. The molecule has 0 aliphatic rings. The third-order valence-electron chi connectivity index (χ3n) is 2.48. The van der Waals surface area contributed by atoms with Gasteiger partial charge in [0.1, 0.15) is 0 Å². The quantitative estimate of drug-likeness (QED) is 0.675. The van der Waals surface area contributed by atoms with Gasteiger partial charge in [0, 0.05) is 11.8 Å². The number of nitrogens with one attached hydrogen (secondary N) is 1. The summed E-state index contributed by atoms with van der Waals surface area (Å²) in [5.41, 5.74) is -0.760. The lowest BCUT2D eigenvalue weighted by molar-refractivity contribution is -0.0893. The minimum absolute atomic E-state index is 0.641. The third-order valence-corrected chi connectivity index (χ3v) is 2.48. The van der Waals surface area contributed by atoms with E-state index in [9.17, 15) is 5.11 Å². The van der Waals surface area contributed by atoms with E-state index in [2.05, 4.69) is 10.2 Å². The van der Waals surface area contributed by atoms with Gasteiger partial charge >= 0.3 is 7.48 Å². The summed E-state index contributed by atoms with van der Waals surface area (Å²) in [6.45, 7) is 7.10. The summed E-state index contributed by atoms with van der Waals surface area (Å²) in [6.07, 6.45) is 1.65. The van der Waals surface area contributed by atoms with E-state index in [4.69, 9.17) is 4.65 Å². The highest BCUT2D eigenvalue weighted by Crippen LogP contribution is 2.23. The van der Waals surface area contributed by atoms with E-state index < -0.39 is 11.2 Å². The Morgan fingerprint density at radius 2 is 2.07 bits per heavy atom. The number of aromatic nitrogens is 2. The van der Waals surface area contributed by atoms with Crippen molar-refractivity contribution in [3.8, 4) is 0 Å². The molecule has 1 heterocycles. The molecule has 1 radical (unpaired) electrons. The van der Waals surface area contributed by atoms with E-state index in [1.165, 1.54) is 0 Å². The first-order valence-corrected chi connectivity index (χ1v) is 4.56. The normalized spacial score (nSPS) is 12.9. The van der Waals surface area contributed by atoms with Gasteiger partial charge in [-0.05, 0) is 33.8 Å². The van der Waals surface area contributed by atoms with Gasteiger partial charge in [0.15, 0.2) is 0 Å². The zero-order valence-corrected chi connectivity index (χ0v) is 9.03. The summed E-state index contributed by atoms with van der Waals surface area (Å²) in [5.74, 6) is 0. The number of aliphatic hydroxyl groups is 1. The lowest BCUT2D eigenvalue weighted by Crippen LogP contribution is -2.49. The van der Waals surface area contributed by atoms with Crippen molar-refractivity contribution >= 4 is 13.1 Å². The molecule has 1 rings (SSSR count). The van der Waals surface area contributed by atoms with Gasteiger partial charge in [-0.3, -0.25) is 5.10 Å². The van der Waals surface area contributed by atoms with Crippen LogP contribution in [0.25, 0.3) is 0 Å². The van der Waals surface area contributed by atoms with Crippen molar-refractivity contribution in [3.05, 3.63) is 12.3 Å². The molecular weight excluding hydrogens is 179 g/mol. The number of hydrogen-bond donors (Lipinski definition) is 2. The average molecular weight is 195 g/mol. The number of rotatable bonds is 4. The molecule has 0 spiro atoms. The molecule has 0 aliphatic heterocycles. The van der Waals surface area contributed by atoms with E-state index in [0.717, 1.165) is 5.59 Å². The summed E-state index contributed by atoms with van der Waals surface area (Å²) >= 11 is 0. The maximum atomic E-state index is 9.80. The number of aromatic amines is 1. The van der Waals surface area contributed by atoms with Crippen molar-refractivity contribution in [1.82, 2.24) is 10.2 Å². The second-order valence-corrected chi connectivity index (χ2v) is 4.32. The molecule has 1 aromatic heterocycles. The Balaban J connectivity index is 2.53. The van der Waals surface area contributed by atoms with Crippen molar-refractivity contribution in [2.24, 2.45) is 0 Å². The highest BCUT2D eigenvalue weighted by molar-refractivity contribution is 6.45. The first-order chi connectivity index (χ1) is 6.33. The molecule has 1 aromatic rings. The Morgan fingerprint density at radius 1 is 1.43 bits per heavy atom. The molecule has 14 heavy (non-hydrogen) atoms. The van der Waals surface area contributed by atoms with Crippen LogP contribution in [0.5, 0.6) is 0 Å². The molecule has 0 fully saturated rings. The van der Waals surface area contributed by atoms with Crippen LogP contribution >= 0.6 is 0 Å². The molecule has 0 saturated heterocycles. The lowest BCUT2D eigenvalue weighted by Gasteiger charge is -2.37. The van der Waals surface area contributed by atoms with Crippen LogP contribution in [0.1, 0.15) is 27.7 Å². The molecule has 0 bridgehead atoms. The van der Waals surface area contributed by atoms with Gasteiger partial charge in [0.2, 0.25) is 0 Å². The van der Waals surface area contributed by atoms with Crippen molar-refractivity contribution in [1.29, 1.82) is 0 Å². The molecule has 77 valence electrons. The van der Waals surface area contributed by atoms with Crippen LogP contribution in [0, 0.1) is 0 Å². The summed E-state index contributed by atoms with van der Waals surface area (Å²) in [4.78, 5) is 0. The van der Waals surface area contributed by atoms with Crippen LogP contribution in [0.4, 0.5) is 0 Å². The van der Waals surface area contributed by atoms with E-state index >= 15 is 0 Å². The fraction of sp³-hybridized carbons (Fsp3) is 0.667. The molecular formula is C9H16BN2O2. The second kappa shape index (κ2) is 3.75. The van der Waals surface area contributed by atoms with E-state index in [0.29, 0.717) is 0 Å². The number of hydrogen-bond acceptors (Lipinski definition) is 3. The Labute approximate surface area is 84.9 Å². The minimum atomic E-state index is -0.899. The maximum Gasteiger partial charge on any atom is 0.350 e. The predicted molar refractivity (Wildman–Crippen MR) is 55.4 cm³/mol. The Morgan fingerprint density at radius 3 is 2.50 bits per heavy atom. The molecule has 0 amide bonds. The second-order valence-electron chi connectivity index (χ2n) is 4.32. The molecule has 4 nitrogen and oxygen atoms in total. The average Bonchev–Trinajstić information content (AvgIpc) is 2.50. The van der Waals surface area contributed by atoms with E-state index in [1.54, 1.807) is 33.6 Å². The molecule has 0 saturated carbocycles. The smallest absolute Gasteiger partial charge is 0.350 e. The Kier molecular flexibility index (Phi) is 3.02. The SMILES string of the molecule is CC(C)(O)C(C)(C)O[B]c1ccn[nH]1. The van der Waals surface area contributed by atoms with Crippen LogP contribution in [0.3, 0.4) is 0 Å². The van der Waals surface area contributed by atoms with Crippen LogP contribution < -0.4 is 5.59 Å². The summed E-state index contributed by atoms with van der Waals surface area (Å²) in [5, 5.41) is 16.3. The fourth-order valence-corrected chi connectivity index (χ4v) is 0.687. The van der Waals surface area contributed by atoms with Gasteiger partial charge in [0.25, 0.3) is 0 Å². The van der Waals surface area contributed by atoms with Crippen molar-refractivity contribution in [3.63, 3.8) is 0 Å². The van der Waals surface area contributed by atoms with Gasteiger partial charge in [-0.2, -0.15) is 5.10 Å². The topological polar surface area (TPSA) is 58.1 Å². The largest absolute Gasteiger partial charge is 0.425 e. The van der Waals surface area contributed by atoms with Crippen molar-refractivity contribution in [2.75, 3.05) is 0 Å². The molecule has 0 unspecified atom stereocenters. The van der Waals surface area contributed by atoms with Crippen LogP contribution in [0.2, 0.25) is 0 Å². The fourth-order valence-electron chi connectivity index (χ4n) is 0.687. The van der Waals surface area contributed by atoms with E-state index in [1.807, 2.05) is 13.8 Å². The lowest BCUT2D eigenvalue weighted by atomic mass is 9.85. The highest BCUT2D eigenvalue weighted by atomic mass is 16.5. The number of H-pyrrole nitrogens is 1. The van der Waals surface area contributed by atoms with Crippen LogP contribution in [0.15, 0.2) is 12.3 Å². The number of nitrogens with zero attached hydrogens (tertiary/aromatic N) is 1. The van der Waals surface area contributed by atoms with Crippen molar-refractivity contribution < 1.29 is 9.76 Å². The first kappa shape index (κ1) is 11.3. The zero-order chi connectivity index (χ0) is 10.8. The third kappa shape index (κ3) is 2.59. The van der Waals surface area contributed by atoms with Gasteiger partial charge in [-0.15, -0.1) is 0 Å². The molecule has 0 atom stereocenters. The van der Waals surface area contributed by atoms with Crippen LogP contribution in [-0.2, 0) is 4.65 Å². The maximum absolute atomic E-state index is 9.80. The molecule has 0 aromatic carbocycles. The molecule has 2 N–H and O–H groups in total. The van der Waals surface area contributed by atoms with Gasteiger partial charge in [-0.1, -0.05) is 0 Å². The standard InChI is InChI=1S/C9H16BN2O2/c1-8(2,13)9(3,4)14-10-7-5-6-11-12-7/h5-6,13H,1-4H3,(H,11,12). The summed E-state index contributed by atoms with van der Waals surface area (Å²) in [6, 6.07) is 1.79. The van der Waals surface area contributed by atoms with E-state index in [-0.39, 0.29) is 0 Å². The van der Waals surface area contributed by atoms with Gasteiger partial charge < -0.3 is 9.76 Å².